The van der Waals surface area contributed by atoms with Crippen molar-refractivity contribution in [2.45, 2.75) is 0 Å². The molecule has 0 aliphatic carbocycles. The van der Waals surface area contributed by atoms with Crippen molar-refractivity contribution in [1.29, 1.82) is 0 Å². The maximum Gasteiger partial charge on any atom is 0.328 e. The first-order valence-corrected chi connectivity index (χ1v) is 8.76. The molecule has 0 radical (unpaired) electrons. The third-order valence-corrected chi connectivity index (χ3v) is 4.63. The number of carboxylic acids is 1. The summed E-state index contributed by atoms with van der Waals surface area (Å²) in [6.07, 6.45) is 1.32. The van der Waals surface area contributed by atoms with Crippen molar-refractivity contribution in [1.82, 2.24) is 4.90 Å². The Hall–Kier alpha value is -2.21. The number of carboxylic acid groups (broad SMARTS) is 1. The molecule has 0 aromatic heterocycles. The second-order valence-electron chi connectivity index (χ2n) is 6.31. The minimum atomic E-state index is -0.906. The molecular weight excluding hydrogens is 399 g/mol. The van der Waals surface area contributed by atoms with Crippen LogP contribution in [0.5, 0.6) is 5.75 Å². The third-order valence-electron chi connectivity index (χ3n) is 4.63. The first-order chi connectivity index (χ1) is 12.7. The number of benzene rings is 2. The van der Waals surface area contributed by atoms with Gasteiger partial charge in [0.05, 0.1) is 12.8 Å². The molecular formula is C21H26Cl2N2O3. The smallest absolute Gasteiger partial charge is 0.328 e. The minimum absolute atomic E-state index is 0. The summed E-state index contributed by atoms with van der Waals surface area (Å²) in [5.74, 6) is -0.0202. The van der Waals surface area contributed by atoms with Crippen molar-refractivity contribution in [3.63, 3.8) is 0 Å². The average Bonchev–Trinajstić information content (AvgIpc) is 2.68. The van der Waals surface area contributed by atoms with Gasteiger partial charge in [0.15, 0.2) is 0 Å². The van der Waals surface area contributed by atoms with Crippen LogP contribution in [0.15, 0.2) is 60.7 Å². The highest BCUT2D eigenvalue weighted by atomic mass is 35.5. The Balaban J connectivity index is 0.00000196. The van der Waals surface area contributed by atoms with Gasteiger partial charge in [0.25, 0.3) is 0 Å². The number of piperazine rings is 1. The number of hydrogen-bond acceptors (Lipinski definition) is 4. The van der Waals surface area contributed by atoms with Gasteiger partial charge in [-0.25, -0.2) is 4.79 Å². The zero-order valence-corrected chi connectivity index (χ0v) is 17.4. The molecule has 2 aromatic carbocycles. The third kappa shape index (κ3) is 6.16. The van der Waals surface area contributed by atoms with Crippen molar-refractivity contribution in [3.05, 3.63) is 66.2 Å². The van der Waals surface area contributed by atoms with Gasteiger partial charge >= 0.3 is 5.97 Å². The van der Waals surface area contributed by atoms with E-state index in [1.54, 1.807) is 7.11 Å². The van der Waals surface area contributed by atoms with Crippen molar-refractivity contribution in [3.8, 4) is 5.75 Å². The molecule has 28 heavy (non-hydrogen) atoms. The summed E-state index contributed by atoms with van der Waals surface area (Å²) < 4.78 is 5.46. The van der Waals surface area contributed by atoms with Gasteiger partial charge in [-0.15, -0.1) is 24.8 Å². The number of halogens is 2. The van der Waals surface area contributed by atoms with Crippen LogP contribution < -0.4 is 9.64 Å². The minimum Gasteiger partial charge on any atom is -0.495 e. The number of methoxy groups -OCH3 is 1. The lowest BCUT2D eigenvalue weighted by Crippen LogP contribution is -2.46. The van der Waals surface area contributed by atoms with Crippen LogP contribution in [0.2, 0.25) is 0 Å². The van der Waals surface area contributed by atoms with Crippen molar-refractivity contribution in [2.24, 2.45) is 0 Å². The Kier molecular flexibility index (Phi) is 9.87. The SMILES string of the molecule is COc1ccccc1N1CCN(CC(=CC(=O)O)c2ccccc2)CC1.Cl.Cl. The van der Waals surface area contributed by atoms with Gasteiger partial charge in [-0.1, -0.05) is 42.5 Å². The molecule has 0 saturated carbocycles. The zero-order chi connectivity index (χ0) is 18.4. The Morgan fingerprint density at radius 3 is 2.21 bits per heavy atom. The Labute approximate surface area is 178 Å². The largest absolute Gasteiger partial charge is 0.495 e. The summed E-state index contributed by atoms with van der Waals surface area (Å²) in [6, 6.07) is 17.8. The second kappa shape index (κ2) is 11.6. The predicted octanol–water partition coefficient (Wildman–Crippen LogP) is 3.83. The number of carbonyl (C=O) groups is 1. The standard InChI is InChI=1S/C21H24N2O3.2ClH/c1-26-20-10-6-5-9-19(20)23-13-11-22(12-14-23)16-18(15-21(24)25)17-7-3-2-4-8-17;;/h2-10,15H,11-14,16H2,1H3,(H,24,25);2*1H. The van der Waals surface area contributed by atoms with E-state index in [9.17, 15) is 9.90 Å². The highest BCUT2D eigenvalue weighted by Crippen LogP contribution is 2.28. The van der Waals surface area contributed by atoms with Gasteiger partial charge < -0.3 is 14.7 Å². The number of aliphatic carboxylic acids is 1. The molecule has 1 fully saturated rings. The first kappa shape index (κ1) is 23.8. The summed E-state index contributed by atoms with van der Waals surface area (Å²) in [6.45, 7) is 4.16. The summed E-state index contributed by atoms with van der Waals surface area (Å²) >= 11 is 0. The van der Waals surface area contributed by atoms with Gasteiger partial charge in [0, 0.05) is 38.8 Å². The molecule has 0 atom stereocenters. The lowest BCUT2D eigenvalue weighted by atomic mass is 10.0. The number of ether oxygens (including phenoxy) is 1. The predicted molar refractivity (Wildman–Crippen MR) is 118 cm³/mol. The number of para-hydroxylation sites is 2. The van der Waals surface area contributed by atoms with Crippen LogP contribution in [0, 0.1) is 0 Å². The molecule has 0 unspecified atom stereocenters. The van der Waals surface area contributed by atoms with Gasteiger partial charge in [-0.05, 0) is 23.3 Å². The molecule has 1 N–H and O–H groups in total. The number of nitrogens with zero attached hydrogens (tertiary/aromatic N) is 2. The van der Waals surface area contributed by atoms with Crippen LogP contribution in [0.4, 0.5) is 5.69 Å². The van der Waals surface area contributed by atoms with Crippen molar-refractivity contribution >= 4 is 42.0 Å². The number of anilines is 1. The van der Waals surface area contributed by atoms with E-state index >= 15 is 0 Å². The molecule has 3 rings (SSSR count). The monoisotopic (exact) mass is 424 g/mol. The maximum atomic E-state index is 11.2. The highest BCUT2D eigenvalue weighted by molar-refractivity contribution is 5.90. The molecule has 1 heterocycles. The quantitative estimate of drug-likeness (QED) is 0.713. The summed E-state index contributed by atoms with van der Waals surface area (Å²) in [5.41, 5.74) is 2.91. The van der Waals surface area contributed by atoms with Crippen LogP contribution in [-0.4, -0.2) is 55.8 Å². The van der Waals surface area contributed by atoms with Crippen LogP contribution in [0.1, 0.15) is 5.56 Å². The summed E-state index contributed by atoms with van der Waals surface area (Å²) in [4.78, 5) is 15.8. The molecule has 2 aromatic rings. The number of rotatable bonds is 6. The van der Waals surface area contributed by atoms with Gasteiger partial charge in [-0.3, -0.25) is 4.90 Å². The second-order valence-corrected chi connectivity index (χ2v) is 6.31. The fourth-order valence-corrected chi connectivity index (χ4v) is 3.30. The van der Waals surface area contributed by atoms with Crippen molar-refractivity contribution < 1.29 is 14.6 Å². The first-order valence-electron chi connectivity index (χ1n) is 8.76. The lowest BCUT2D eigenvalue weighted by molar-refractivity contribution is -0.131. The fraction of sp³-hybridized carbons (Fsp3) is 0.286. The maximum absolute atomic E-state index is 11.2. The van der Waals surface area contributed by atoms with E-state index in [1.165, 1.54) is 6.08 Å². The Morgan fingerprint density at radius 2 is 1.61 bits per heavy atom. The molecule has 0 amide bonds. The van der Waals surface area contributed by atoms with E-state index in [2.05, 4.69) is 15.9 Å². The van der Waals surface area contributed by atoms with Crippen LogP contribution >= 0.6 is 24.8 Å². The average molecular weight is 425 g/mol. The fourth-order valence-electron chi connectivity index (χ4n) is 3.30. The zero-order valence-electron chi connectivity index (χ0n) is 15.8. The Bertz CT molecular complexity index is 776. The van der Waals surface area contributed by atoms with E-state index in [0.717, 1.165) is 48.8 Å². The lowest BCUT2D eigenvalue weighted by Gasteiger charge is -2.37. The van der Waals surface area contributed by atoms with E-state index in [0.29, 0.717) is 6.54 Å². The molecule has 1 saturated heterocycles. The molecule has 7 heteroatoms. The van der Waals surface area contributed by atoms with E-state index in [-0.39, 0.29) is 24.8 Å². The highest BCUT2D eigenvalue weighted by Gasteiger charge is 2.20. The van der Waals surface area contributed by atoms with Gasteiger partial charge in [0.2, 0.25) is 0 Å². The van der Waals surface area contributed by atoms with Gasteiger partial charge in [-0.2, -0.15) is 0 Å². The molecule has 5 nitrogen and oxygen atoms in total. The Morgan fingerprint density at radius 1 is 1.00 bits per heavy atom. The molecule has 1 aliphatic rings. The van der Waals surface area contributed by atoms with E-state index in [4.69, 9.17) is 4.74 Å². The topological polar surface area (TPSA) is 53.0 Å². The number of hydrogen-bond donors (Lipinski definition) is 1. The molecule has 1 aliphatic heterocycles. The summed E-state index contributed by atoms with van der Waals surface area (Å²) in [7, 11) is 1.69. The summed E-state index contributed by atoms with van der Waals surface area (Å²) in [5, 5.41) is 9.21. The molecule has 0 spiro atoms. The van der Waals surface area contributed by atoms with E-state index in [1.807, 2.05) is 48.5 Å². The van der Waals surface area contributed by atoms with Crippen LogP contribution in [0.25, 0.3) is 5.57 Å². The normalized spacial score (nSPS) is 14.6. The van der Waals surface area contributed by atoms with E-state index < -0.39 is 5.97 Å². The van der Waals surface area contributed by atoms with Gasteiger partial charge in [0.1, 0.15) is 5.75 Å². The van der Waals surface area contributed by atoms with Crippen molar-refractivity contribution in [2.75, 3.05) is 44.7 Å². The molecule has 0 bridgehead atoms. The van der Waals surface area contributed by atoms with Crippen LogP contribution in [-0.2, 0) is 4.79 Å². The van der Waals surface area contributed by atoms with Crippen LogP contribution in [0.3, 0.4) is 0 Å². The molecule has 152 valence electrons.